The molecule has 1 atom stereocenters. The van der Waals surface area contributed by atoms with Crippen molar-refractivity contribution in [1.82, 2.24) is 0 Å². The zero-order valence-electron chi connectivity index (χ0n) is 8.03. The maximum Gasteiger partial charge on any atom is 0.419 e. The molecule has 15 heavy (non-hydrogen) atoms. The minimum absolute atomic E-state index is 0.267. The van der Waals surface area contributed by atoms with Crippen molar-refractivity contribution < 1.29 is 17.6 Å². The summed E-state index contributed by atoms with van der Waals surface area (Å²) in [5.74, 6) is -1.31. The summed E-state index contributed by atoms with van der Waals surface area (Å²) < 4.78 is 49.6. The Balaban J connectivity index is 3.09. The minimum Gasteiger partial charge on any atom is -0.671 e. The third-order valence-electron chi connectivity index (χ3n) is 2.11. The first-order chi connectivity index (χ1) is 6.86. The van der Waals surface area contributed by atoms with E-state index in [2.05, 4.69) is 0 Å². The number of benzene rings is 1. The highest BCUT2D eigenvalue weighted by molar-refractivity contribution is 5.29. The lowest BCUT2D eigenvalue weighted by molar-refractivity contribution is -0.140. The van der Waals surface area contributed by atoms with Crippen LogP contribution in [0.15, 0.2) is 18.2 Å². The Bertz CT molecular complexity index is 346. The molecule has 1 aromatic rings. The van der Waals surface area contributed by atoms with Gasteiger partial charge < -0.3 is 5.73 Å². The molecule has 0 saturated heterocycles. The number of halogens is 4. The molecule has 0 heterocycles. The number of alkyl halides is 3. The van der Waals surface area contributed by atoms with Gasteiger partial charge in [-0.15, -0.1) is 6.04 Å². The molecule has 0 aliphatic carbocycles. The highest BCUT2D eigenvalue weighted by Gasteiger charge is 2.33. The van der Waals surface area contributed by atoms with Crippen molar-refractivity contribution in [2.75, 3.05) is 0 Å². The van der Waals surface area contributed by atoms with Crippen molar-refractivity contribution >= 4 is 0 Å². The summed E-state index contributed by atoms with van der Waals surface area (Å²) in [5.41, 5.74) is 6.42. The molecule has 0 amide bonds. The number of nitrogens with one attached hydrogen (secondary N) is 1. The second-order valence-electron chi connectivity index (χ2n) is 3.20. The van der Waals surface area contributed by atoms with Crippen LogP contribution < -0.4 is 0 Å². The molecule has 1 rings (SSSR count). The van der Waals surface area contributed by atoms with Gasteiger partial charge in [-0.1, -0.05) is 25.0 Å². The lowest BCUT2D eigenvalue weighted by Gasteiger charge is -2.19. The van der Waals surface area contributed by atoms with E-state index in [4.69, 9.17) is 5.73 Å². The molecule has 0 bridgehead atoms. The van der Waals surface area contributed by atoms with Gasteiger partial charge in [-0.2, -0.15) is 13.2 Å². The monoisotopic (exact) mass is 220 g/mol. The summed E-state index contributed by atoms with van der Waals surface area (Å²) in [7, 11) is 0. The van der Waals surface area contributed by atoms with Crippen molar-refractivity contribution in [2.24, 2.45) is 0 Å². The van der Waals surface area contributed by atoms with Crippen LogP contribution in [-0.2, 0) is 6.18 Å². The van der Waals surface area contributed by atoms with E-state index in [9.17, 15) is 17.6 Å². The van der Waals surface area contributed by atoms with Crippen molar-refractivity contribution in [2.45, 2.75) is 25.6 Å². The number of rotatable bonds is 2. The lowest BCUT2D eigenvalue weighted by Crippen LogP contribution is -2.08. The van der Waals surface area contributed by atoms with Crippen LogP contribution in [0.4, 0.5) is 17.6 Å². The molecule has 1 N–H and O–H groups in total. The van der Waals surface area contributed by atoms with Crippen LogP contribution in [0.5, 0.6) is 0 Å². The van der Waals surface area contributed by atoms with Crippen LogP contribution >= 0.6 is 0 Å². The smallest absolute Gasteiger partial charge is 0.419 e. The Hall–Kier alpha value is -1.10. The fraction of sp³-hybridized carbons (Fsp3) is 0.400. The van der Waals surface area contributed by atoms with Gasteiger partial charge in [0.15, 0.2) is 0 Å². The first-order valence-corrected chi connectivity index (χ1v) is 4.44. The van der Waals surface area contributed by atoms with Gasteiger partial charge in [0.05, 0.1) is 5.56 Å². The highest BCUT2D eigenvalue weighted by atomic mass is 19.4. The molecule has 0 saturated carbocycles. The van der Waals surface area contributed by atoms with Crippen LogP contribution in [0.25, 0.3) is 5.73 Å². The van der Waals surface area contributed by atoms with Crippen LogP contribution in [0.2, 0.25) is 0 Å². The third-order valence-corrected chi connectivity index (χ3v) is 2.11. The van der Waals surface area contributed by atoms with Crippen LogP contribution in [0, 0.1) is 5.82 Å². The van der Waals surface area contributed by atoms with Crippen molar-refractivity contribution in [3.05, 3.63) is 40.9 Å². The van der Waals surface area contributed by atoms with Gasteiger partial charge in [0, 0.05) is 0 Å². The molecule has 0 radical (unpaired) electrons. The molecule has 0 aliphatic rings. The molecule has 0 unspecified atom stereocenters. The van der Waals surface area contributed by atoms with E-state index in [-0.39, 0.29) is 5.56 Å². The van der Waals surface area contributed by atoms with E-state index >= 15 is 0 Å². The average Bonchev–Trinajstić information content (AvgIpc) is 2.14. The molecule has 84 valence electrons. The Labute approximate surface area is 84.9 Å². The Morgan fingerprint density at radius 1 is 1.33 bits per heavy atom. The summed E-state index contributed by atoms with van der Waals surface area (Å²) in [6.45, 7) is 1.72. The minimum atomic E-state index is -4.67. The van der Waals surface area contributed by atoms with Gasteiger partial charge in [0.2, 0.25) is 0 Å². The Kier molecular flexibility index (Phi) is 3.34. The van der Waals surface area contributed by atoms with E-state index < -0.39 is 23.6 Å². The van der Waals surface area contributed by atoms with Gasteiger partial charge in [0.25, 0.3) is 0 Å². The third kappa shape index (κ3) is 2.68. The highest BCUT2D eigenvalue weighted by Crippen LogP contribution is 2.33. The summed E-state index contributed by atoms with van der Waals surface area (Å²) in [6.07, 6.45) is -4.24. The first kappa shape index (κ1) is 12.0. The maximum absolute atomic E-state index is 13.0. The van der Waals surface area contributed by atoms with Gasteiger partial charge in [0.1, 0.15) is 5.82 Å². The lowest BCUT2D eigenvalue weighted by atomic mass is 10.0. The average molecular weight is 220 g/mol. The number of hydrogen-bond acceptors (Lipinski definition) is 0. The molecule has 0 aliphatic heterocycles. The molecular formula is C10H10F4N-. The van der Waals surface area contributed by atoms with Crippen molar-refractivity contribution in [3.8, 4) is 0 Å². The van der Waals surface area contributed by atoms with Gasteiger partial charge in [-0.25, -0.2) is 4.39 Å². The summed E-state index contributed by atoms with van der Waals surface area (Å²) in [5, 5.41) is 0. The first-order valence-electron chi connectivity index (χ1n) is 4.44. The van der Waals surface area contributed by atoms with E-state index in [1.54, 1.807) is 6.92 Å². The zero-order valence-corrected chi connectivity index (χ0v) is 8.03. The van der Waals surface area contributed by atoms with Crippen LogP contribution in [-0.4, -0.2) is 0 Å². The molecule has 0 spiro atoms. The van der Waals surface area contributed by atoms with Gasteiger partial charge in [-0.3, -0.25) is 0 Å². The van der Waals surface area contributed by atoms with E-state index in [0.717, 1.165) is 12.1 Å². The van der Waals surface area contributed by atoms with E-state index in [0.29, 0.717) is 12.5 Å². The second-order valence-corrected chi connectivity index (χ2v) is 3.20. The second kappa shape index (κ2) is 4.18. The SMILES string of the molecule is CC[C@@H]([NH-])c1ccc(C(F)(F)F)c(F)c1. The van der Waals surface area contributed by atoms with Crippen molar-refractivity contribution in [3.63, 3.8) is 0 Å². The Morgan fingerprint density at radius 2 is 1.93 bits per heavy atom. The molecule has 1 nitrogen and oxygen atoms in total. The standard InChI is InChI=1S/C10H10F4N/c1-2-9(15)6-3-4-7(8(11)5-6)10(12,13)14/h3-5,9,15H,2H2,1H3/q-1/t9-/m1/s1. The quantitative estimate of drug-likeness (QED) is 0.662. The normalized spacial score (nSPS) is 14.0. The molecule has 1 aromatic carbocycles. The molecule has 0 aromatic heterocycles. The van der Waals surface area contributed by atoms with Crippen molar-refractivity contribution in [1.29, 1.82) is 0 Å². The van der Waals surface area contributed by atoms with Gasteiger partial charge >= 0.3 is 6.18 Å². The largest absolute Gasteiger partial charge is 0.671 e. The zero-order chi connectivity index (χ0) is 11.6. The van der Waals surface area contributed by atoms with E-state index in [1.807, 2.05) is 0 Å². The van der Waals surface area contributed by atoms with Crippen LogP contribution in [0.1, 0.15) is 30.5 Å². The Morgan fingerprint density at radius 3 is 2.33 bits per heavy atom. The summed E-state index contributed by atoms with van der Waals surface area (Å²) in [4.78, 5) is 0. The summed E-state index contributed by atoms with van der Waals surface area (Å²) in [6, 6.07) is 1.93. The predicted octanol–water partition coefficient (Wildman–Crippen LogP) is 4.35. The fourth-order valence-corrected chi connectivity index (χ4v) is 1.21. The molecule has 5 heteroatoms. The molecule has 0 fully saturated rings. The maximum atomic E-state index is 13.0. The fourth-order valence-electron chi connectivity index (χ4n) is 1.21. The van der Waals surface area contributed by atoms with E-state index in [1.165, 1.54) is 0 Å². The topological polar surface area (TPSA) is 23.8 Å². The number of hydrogen-bond donors (Lipinski definition) is 0. The van der Waals surface area contributed by atoms with Crippen LogP contribution in [0.3, 0.4) is 0 Å². The predicted molar refractivity (Wildman–Crippen MR) is 48.8 cm³/mol. The summed E-state index contributed by atoms with van der Waals surface area (Å²) >= 11 is 0. The molecular weight excluding hydrogens is 210 g/mol. The van der Waals surface area contributed by atoms with Gasteiger partial charge in [-0.05, 0) is 12.1 Å².